The van der Waals surface area contributed by atoms with E-state index >= 15 is 0 Å². The van der Waals surface area contributed by atoms with Crippen LogP contribution in [-0.4, -0.2) is 10.9 Å². The lowest BCUT2D eigenvalue weighted by atomic mass is 9.76. The van der Waals surface area contributed by atoms with Gasteiger partial charge in [-0.2, -0.15) is 0 Å². The van der Waals surface area contributed by atoms with Gasteiger partial charge in [0.15, 0.2) is 14.2 Å². The second-order valence-corrected chi connectivity index (χ2v) is 8.68. The number of rotatable bonds is 6. The second-order valence-electron chi connectivity index (χ2n) is 7.70. The molecule has 2 nitrogen and oxygen atoms in total. The Morgan fingerprint density at radius 3 is 2.13 bits per heavy atom. The summed E-state index contributed by atoms with van der Waals surface area (Å²) >= 11 is 0. The van der Waals surface area contributed by atoms with Gasteiger partial charge >= 0.3 is 0 Å². The van der Waals surface area contributed by atoms with E-state index in [1.165, 1.54) is 5.56 Å². The number of Topliss-reactive ketones (excluding diaryl/α,β-unsaturated/α-hetero) is 1. The van der Waals surface area contributed by atoms with Gasteiger partial charge in [0.2, 0.25) is 0 Å². The van der Waals surface area contributed by atoms with E-state index in [-0.39, 0.29) is 20.2 Å². The maximum atomic E-state index is 13.6. The molecule has 1 aromatic rings. The van der Waals surface area contributed by atoms with Crippen LogP contribution in [0.5, 0.6) is 0 Å². The molecular weight excluding hydrogens is 303 g/mol. The van der Waals surface area contributed by atoms with Crippen molar-refractivity contribution in [2.75, 3.05) is 0 Å². The van der Waals surface area contributed by atoms with Gasteiger partial charge < -0.3 is 0 Å². The zero-order valence-electron chi connectivity index (χ0n) is 15.1. The minimum atomic E-state index is -0.741. The number of carbonyl (C=O) groups excluding carboxylic acids is 1. The van der Waals surface area contributed by atoms with E-state index in [1.807, 2.05) is 13.8 Å². The van der Waals surface area contributed by atoms with Crippen LogP contribution >= 0.6 is 8.46 Å². The van der Waals surface area contributed by atoms with Crippen LogP contribution in [0.1, 0.15) is 73.0 Å². The van der Waals surface area contributed by atoms with Crippen molar-refractivity contribution in [3.63, 3.8) is 0 Å². The Morgan fingerprint density at radius 2 is 1.70 bits per heavy atom. The molecule has 0 N–H and O–H groups in total. The lowest BCUT2D eigenvalue weighted by molar-refractivity contribution is 0.0881. The molecule has 0 aliphatic heterocycles. The SMILES string of the molecule is Cc1cc(C)c(C(=O)C(CC(C)C)(P=O)C2CCCC2)c(C)c1. The summed E-state index contributed by atoms with van der Waals surface area (Å²) in [5, 5.41) is -0.741. The van der Waals surface area contributed by atoms with Gasteiger partial charge in [-0.05, 0) is 63.0 Å². The normalized spacial score (nSPS) is 18.5. The number of ketones is 1. The quantitative estimate of drug-likeness (QED) is 0.468. The molecule has 1 aromatic carbocycles. The Kier molecular flexibility index (Phi) is 5.79. The molecule has 0 bridgehead atoms. The summed E-state index contributed by atoms with van der Waals surface area (Å²) in [6.07, 6.45) is 5.06. The molecule has 1 fully saturated rings. The van der Waals surface area contributed by atoms with Gasteiger partial charge in [0.25, 0.3) is 0 Å². The summed E-state index contributed by atoms with van der Waals surface area (Å²) in [6, 6.07) is 4.13. The van der Waals surface area contributed by atoms with Crippen LogP contribution in [0.25, 0.3) is 0 Å². The monoisotopic (exact) mass is 332 g/mol. The van der Waals surface area contributed by atoms with Crippen molar-refractivity contribution in [1.29, 1.82) is 0 Å². The summed E-state index contributed by atoms with van der Waals surface area (Å²) in [5.74, 6) is 0.702. The highest BCUT2D eigenvalue weighted by molar-refractivity contribution is 7.28. The van der Waals surface area contributed by atoms with E-state index in [2.05, 4.69) is 32.9 Å². The lowest BCUT2D eigenvalue weighted by Crippen LogP contribution is -2.41. The lowest BCUT2D eigenvalue weighted by Gasteiger charge is -2.34. The predicted molar refractivity (Wildman–Crippen MR) is 96.7 cm³/mol. The van der Waals surface area contributed by atoms with Crippen molar-refractivity contribution in [3.8, 4) is 0 Å². The summed E-state index contributed by atoms with van der Waals surface area (Å²) in [5.41, 5.74) is 4.00. The molecule has 0 amide bonds. The fraction of sp³-hybridized carbons (Fsp3) is 0.650. The zero-order valence-corrected chi connectivity index (χ0v) is 16.0. The zero-order chi connectivity index (χ0) is 17.2. The highest BCUT2D eigenvalue weighted by Crippen LogP contribution is 2.48. The predicted octanol–water partition coefficient (Wildman–Crippen LogP) is 6.06. The van der Waals surface area contributed by atoms with Crippen molar-refractivity contribution in [2.24, 2.45) is 11.8 Å². The highest BCUT2D eigenvalue weighted by atomic mass is 31.1. The van der Waals surface area contributed by atoms with E-state index in [0.29, 0.717) is 12.3 Å². The smallest absolute Gasteiger partial charge is 0.181 e. The minimum absolute atomic E-state index is 0.00509. The Bertz CT molecular complexity index is 577. The molecule has 2 rings (SSSR count). The summed E-state index contributed by atoms with van der Waals surface area (Å²) in [4.78, 5) is 13.6. The Morgan fingerprint density at radius 1 is 1.17 bits per heavy atom. The summed E-state index contributed by atoms with van der Waals surface area (Å²) in [6.45, 7) is 10.3. The molecule has 1 aliphatic rings. The summed E-state index contributed by atoms with van der Waals surface area (Å²) < 4.78 is 12.3. The largest absolute Gasteiger partial charge is 0.293 e. The molecule has 1 saturated carbocycles. The molecule has 0 aromatic heterocycles. The molecule has 0 spiro atoms. The van der Waals surface area contributed by atoms with Crippen molar-refractivity contribution >= 4 is 14.2 Å². The highest BCUT2D eigenvalue weighted by Gasteiger charge is 2.48. The average molecular weight is 332 g/mol. The third-order valence-electron chi connectivity index (χ3n) is 5.21. The topological polar surface area (TPSA) is 34.1 Å². The van der Waals surface area contributed by atoms with Gasteiger partial charge in [-0.15, -0.1) is 0 Å². The molecule has 1 unspecified atom stereocenters. The standard InChI is InChI=1S/C20H29O2P/c1-13(2)12-20(23-22,17-8-6-7-9-17)19(21)18-15(4)10-14(3)11-16(18)5/h10-11,13,17H,6-9,12H2,1-5H3. The number of benzene rings is 1. The third kappa shape index (κ3) is 3.58. The Balaban J connectivity index is 2.54. The first-order chi connectivity index (χ1) is 10.8. The van der Waals surface area contributed by atoms with E-state index < -0.39 is 5.16 Å². The van der Waals surface area contributed by atoms with Gasteiger partial charge in [-0.1, -0.05) is 44.4 Å². The van der Waals surface area contributed by atoms with E-state index in [4.69, 9.17) is 0 Å². The van der Waals surface area contributed by atoms with Gasteiger partial charge in [0.05, 0.1) is 0 Å². The van der Waals surface area contributed by atoms with Crippen molar-refractivity contribution in [2.45, 2.75) is 71.9 Å². The molecule has 0 saturated heterocycles. The maximum Gasteiger partial charge on any atom is 0.181 e. The molecule has 126 valence electrons. The van der Waals surface area contributed by atoms with Gasteiger partial charge in [-0.25, -0.2) is 0 Å². The van der Waals surface area contributed by atoms with Gasteiger partial charge in [0, 0.05) is 5.56 Å². The van der Waals surface area contributed by atoms with E-state index in [9.17, 15) is 9.36 Å². The van der Waals surface area contributed by atoms with Crippen LogP contribution < -0.4 is 0 Å². The number of hydrogen-bond acceptors (Lipinski definition) is 2. The fourth-order valence-electron chi connectivity index (χ4n) is 4.38. The molecule has 1 aliphatic carbocycles. The van der Waals surface area contributed by atoms with Gasteiger partial charge in [-0.3, -0.25) is 9.36 Å². The van der Waals surface area contributed by atoms with Gasteiger partial charge in [0.1, 0.15) is 5.16 Å². The van der Waals surface area contributed by atoms with Crippen LogP contribution in [0.15, 0.2) is 12.1 Å². The van der Waals surface area contributed by atoms with Crippen LogP contribution in [-0.2, 0) is 4.57 Å². The third-order valence-corrected chi connectivity index (χ3v) is 6.29. The first-order valence-electron chi connectivity index (χ1n) is 8.79. The van der Waals surface area contributed by atoms with E-state index in [0.717, 1.165) is 42.4 Å². The first kappa shape index (κ1) is 18.3. The van der Waals surface area contributed by atoms with Crippen molar-refractivity contribution < 1.29 is 9.36 Å². The number of aryl methyl sites for hydroxylation is 3. The van der Waals surface area contributed by atoms with Crippen molar-refractivity contribution in [3.05, 3.63) is 34.4 Å². The van der Waals surface area contributed by atoms with Crippen LogP contribution in [0, 0.1) is 32.6 Å². The fourth-order valence-corrected chi connectivity index (χ4v) is 5.42. The van der Waals surface area contributed by atoms with E-state index in [1.54, 1.807) is 0 Å². The average Bonchev–Trinajstić information content (AvgIpc) is 2.97. The maximum absolute atomic E-state index is 13.6. The molecule has 0 heterocycles. The Labute approximate surface area is 142 Å². The first-order valence-corrected chi connectivity index (χ1v) is 9.60. The van der Waals surface area contributed by atoms with Crippen LogP contribution in [0.2, 0.25) is 0 Å². The molecule has 0 radical (unpaired) electrons. The van der Waals surface area contributed by atoms with Crippen molar-refractivity contribution in [1.82, 2.24) is 0 Å². The number of carbonyl (C=O) groups is 1. The summed E-state index contributed by atoms with van der Waals surface area (Å²) in [7, 11) is 0.00509. The minimum Gasteiger partial charge on any atom is -0.293 e. The molecule has 1 atom stereocenters. The Hall–Kier alpha value is -1.01. The number of hydrogen-bond donors (Lipinski definition) is 0. The molecule has 3 heteroatoms. The van der Waals surface area contributed by atoms with Crippen LogP contribution in [0.4, 0.5) is 0 Å². The molecule has 23 heavy (non-hydrogen) atoms. The molecular formula is C20H29O2P. The van der Waals surface area contributed by atoms with Crippen LogP contribution in [0.3, 0.4) is 0 Å². The second kappa shape index (κ2) is 7.26.